The lowest BCUT2D eigenvalue weighted by Gasteiger charge is -2.41. The molecule has 2 aliphatic rings. The molecule has 0 aromatic carbocycles. The standard InChI is InChI=1S/C20H29N5O/c1-14-6-9-18(23(14)2)20(26)21-13-15-5-4-12-25(16-7-8-16)19(15)17-10-11-22-24(17)3/h6,9-11,15-16,19H,4-5,7-8,12-13H2,1-3H3,(H,21,26)/t15-,19+/m0/s1. The molecule has 140 valence electrons. The van der Waals surface area contributed by atoms with Gasteiger partial charge in [0.25, 0.3) is 5.91 Å². The number of piperidine rings is 1. The van der Waals surface area contributed by atoms with E-state index in [4.69, 9.17) is 0 Å². The summed E-state index contributed by atoms with van der Waals surface area (Å²) < 4.78 is 3.95. The summed E-state index contributed by atoms with van der Waals surface area (Å²) in [5.74, 6) is 0.443. The summed E-state index contributed by atoms with van der Waals surface area (Å²) >= 11 is 0. The third-order valence-corrected chi connectivity index (χ3v) is 6.10. The maximum Gasteiger partial charge on any atom is 0.267 e. The van der Waals surface area contributed by atoms with Crippen LogP contribution in [0.5, 0.6) is 0 Å². The average Bonchev–Trinajstić information content (AvgIpc) is 3.32. The Kier molecular flexibility index (Phi) is 4.61. The lowest BCUT2D eigenvalue weighted by atomic mass is 9.86. The molecule has 1 N–H and O–H groups in total. The van der Waals surface area contributed by atoms with Crippen molar-refractivity contribution >= 4 is 5.91 Å². The number of hydrogen-bond donors (Lipinski definition) is 1. The fraction of sp³-hybridized carbons (Fsp3) is 0.600. The van der Waals surface area contributed by atoms with Crippen molar-refractivity contribution < 1.29 is 4.79 Å². The van der Waals surface area contributed by atoms with E-state index < -0.39 is 0 Å². The third kappa shape index (κ3) is 3.18. The van der Waals surface area contributed by atoms with E-state index in [0.717, 1.165) is 24.4 Å². The van der Waals surface area contributed by atoms with Gasteiger partial charge in [-0.1, -0.05) is 0 Å². The highest BCUT2D eigenvalue weighted by molar-refractivity contribution is 5.92. The summed E-state index contributed by atoms with van der Waals surface area (Å²) in [6.45, 7) is 3.88. The van der Waals surface area contributed by atoms with E-state index in [1.165, 1.54) is 25.0 Å². The summed E-state index contributed by atoms with van der Waals surface area (Å²) in [6, 6.07) is 7.09. The zero-order chi connectivity index (χ0) is 18.3. The van der Waals surface area contributed by atoms with Gasteiger partial charge in [-0.2, -0.15) is 5.10 Å². The predicted octanol–water partition coefficient (Wildman–Crippen LogP) is 2.41. The van der Waals surface area contributed by atoms with Crippen LogP contribution in [0.1, 0.15) is 53.6 Å². The van der Waals surface area contributed by atoms with Crippen molar-refractivity contribution in [3.63, 3.8) is 0 Å². The van der Waals surface area contributed by atoms with Crippen LogP contribution in [0.3, 0.4) is 0 Å². The van der Waals surface area contributed by atoms with Crippen molar-refractivity contribution in [2.75, 3.05) is 13.1 Å². The average molecular weight is 355 g/mol. The second kappa shape index (κ2) is 6.91. The Labute approximate surface area is 155 Å². The molecule has 1 saturated heterocycles. The van der Waals surface area contributed by atoms with E-state index in [0.29, 0.717) is 24.5 Å². The Hall–Kier alpha value is -2.08. The summed E-state index contributed by atoms with van der Waals surface area (Å²) in [7, 11) is 3.97. The minimum Gasteiger partial charge on any atom is -0.350 e. The van der Waals surface area contributed by atoms with Crippen LogP contribution in [-0.4, -0.2) is 44.3 Å². The minimum absolute atomic E-state index is 0.0212. The first-order chi connectivity index (χ1) is 12.6. The third-order valence-electron chi connectivity index (χ3n) is 6.10. The van der Waals surface area contributed by atoms with Gasteiger partial charge in [0.2, 0.25) is 0 Å². The van der Waals surface area contributed by atoms with E-state index in [9.17, 15) is 4.79 Å². The van der Waals surface area contributed by atoms with Crippen molar-refractivity contribution in [2.24, 2.45) is 20.0 Å². The molecule has 3 heterocycles. The molecule has 0 radical (unpaired) electrons. The number of nitrogens with one attached hydrogen (secondary N) is 1. The first kappa shape index (κ1) is 17.3. The lowest BCUT2D eigenvalue weighted by Crippen LogP contribution is -2.45. The molecule has 1 aliphatic heterocycles. The van der Waals surface area contributed by atoms with Gasteiger partial charge in [0, 0.05) is 38.6 Å². The highest BCUT2D eigenvalue weighted by atomic mass is 16.1. The number of rotatable bonds is 5. The lowest BCUT2D eigenvalue weighted by molar-refractivity contribution is 0.0724. The molecule has 2 atom stereocenters. The first-order valence-corrected chi connectivity index (χ1v) is 9.70. The number of hydrogen-bond acceptors (Lipinski definition) is 3. The Morgan fingerprint density at radius 1 is 1.23 bits per heavy atom. The van der Waals surface area contributed by atoms with Gasteiger partial charge in [0.05, 0.1) is 11.7 Å². The van der Waals surface area contributed by atoms with Crippen molar-refractivity contribution in [1.29, 1.82) is 0 Å². The first-order valence-electron chi connectivity index (χ1n) is 9.70. The molecule has 0 unspecified atom stereocenters. The number of aromatic nitrogens is 3. The van der Waals surface area contributed by atoms with Gasteiger partial charge in [-0.05, 0) is 63.3 Å². The van der Waals surface area contributed by atoms with E-state index in [2.05, 4.69) is 21.4 Å². The second-order valence-corrected chi connectivity index (χ2v) is 7.82. The highest BCUT2D eigenvalue weighted by Gasteiger charge is 2.41. The van der Waals surface area contributed by atoms with Gasteiger partial charge >= 0.3 is 0 Å². The topological polar surface area (TPSA) is 55.1 Å². The van der Waals surface area contributed by atoms with Crippen LogP contribution in [0.4, 0.5) is 0 Å². The van der Waals surface area contributed by atoms with E-state index in [1.807, 2.05) is 48.6 Å². The summed E-state index contributed by atoms with van der Waals surface area (Å²) in [4.78, 5) is 15.3. The number of nitrogens with zero attached hydrogens (tertiary/aromatic N) is 4. The molecule has 1 amide bonds. The van der Waals surface area contributed by atoms with Crippen molar-refractivity contribution in [2.45, 2.75) is 44.7 Å². The Morgan fingerprint density at radius 3 is 2.65 bits per heavy atom. The summed E-state index contributed by atoms with van der Waals surface area (Å²) in [5, 5.41) is 7.59. The molecule has 26 heavy (non-hydrogen) atoms. The maximum atomic E-state index is 12.6. The number of aryl methyl sites for hydroxylation is 2. The van der Waals surface area contributed by atoms with Crippen LogP contribution in [0.25, 0.3) is 0 Å². The molecular formula is C20H29N5O. The van der Waals surface area contributed by atoms with Gasteiger partial charge in [0.15, 0.2) is 0 Å². The number of amides is 1. The zero-order valence-electron chi connectivity index (χ0n) is 16.0. The van der Waals surface area contributed by atoms with Gasteiger partial charge in [-0.3, -0.25) is 14.4 Å². The van der Waals surface area contributed by atoms with E-state index >= 15 is 0 Å². The smallest absolute Gasteiger partial charge is 0.267 e. The summed E-state index contributed by atoms with van der Waals surface area (Å²) in [5.41, 5.74) is 3.10. The van der Waals surface area contributed by atoms with Crippen LogP contribution < -0.4 is 5.32 Å². The van der Waals surface area contributed by atoms with E-state index in [-0.39, 0.29) is 5.91 Å². The van der Waals surface area contributed by atoms with Gasteiger partial charge in [0.1, 0.15) is 5.69 Å². The molecule has 2 aromatic rings. The predicted molar refractivity (Wildman–Crippen MR) is 101 cm³/mol. The van der Waals surface area contributed by atoms with Crippen LogP contribution in [0.2, 0.25) is 0 Å². The van der Waals surface area contributed by atoms with Crippen LogP contribution in [0.15, 0.2) is 24.4 Å². The van der Waals surface area contributed by atoms with Crippen molar-refractivity contribution in [1.82, 2.24) is 24.6 Å². The molecule has 4 rings (SSSR count). The SMILES string of the molecule is Cc1ccc(C(=O)NC[C@@H]2CCCN(C3CC3)[C@H]2c2ccnn2C)n1C. The normalized spacial score (nSPS) is 24.0. The number of carbonyl (C=O) groups is 1. The molecular weight excluding hydrogens is 326 g/mol. The van der Waals surface area contributed by atoms with Crippen LogP contribution >= 0.6 is 0 Å². The molecule has 6 nitrogen and oxygen atoms in total. The van der Waals surface area contributed by atoms with Gasteiger partial charge < -0.3 is 9.88 Å². The molecule has 2 fully saturated rings. The summed E-state index contributed by atoms with van der Waals surface area (Å²) in [6.07, 6.45) is 6.84. The van der Waals surface area contributed by atoms with Crippen molar-refractivity contribution in [3.8, 4) is 0 Å². The molecule has 0 spiro atoms. The van der Waals surface area contributed by atoms with Crippen LogP contribution in [-0.2, 0) is 14.1 Å². The minimum atomic E-state index is 0.0212. The quantitative estimate of drug-likeness (QED) is 0.896. The molecule has 0 bridgehead atoms. The van der Waals surface area contributed by atoms with Gasteiger partial charge in [-0.15, -0.1) is 0 Å². The highest BCUT2D eigenvalue weighted by Crippen LogP contribution is 2.42. The molecule has 6 heteroatoms. The Bertz CT molecular complexity index is 788. The molecule has 1 aliphatic carbocycles. The van der Waals surface area contributed by atoms with Crippen molar-refractivity contribution in [3.05, 3.63) is 41.5 Å². The Balaban J connectivity index is 1.51. The zero-order valence-corrected chi connectivity index (χ0v) is 16.0. The number of likely N-dealkylation sites (tertiary alicyclic amines) is 1. The molecule has 2 aromatic heterocycles. The fourth-order valence-electron chi connectivity index (χ4n) is 4.37. The fourth-order valence-corrected chi connectivity index (χ4v) is 4.37. The largest absolute Gasteiger partial charge is 0.350 e. The van der Waals surface area contributed by atoms with Crippen LogP contribution in [0, 0.1) is 12.8 Å². The molecule has 1 saturated carbocycles. The maximum absolute atomic E-state index is 12.6. The van der Waals surface area contributed by atoms with E-state index in [1.54, 1.807) is 0 Å². The number of carbonyl (C=O) groups excluding carboxylic acids is 1. The monoisotopic (exact) mass is 355 g/mol. The van der Waals surface area contributed by atoms with Gasteiger partial charge in [-0.25, -0.2) is 0 Å². The Morgan fingerprint density at radius 2 is 2.04 bits per heavy atom. The second-order valence-electron chi connectivity index (χ2n) is 7.82.